The molecule has 3 atom stereocenters. The number of carbonyl (C=O) groups is 3. The molecule has 2 aliphatic rings. The summed E-state index contributed by atoms with van der Waals surface area (Å²) in [5.41, 5.74) is 1.04. The molecule has 2 saturated heterocycles. The molecule has 1 aromatic carbocycles. The molecule has 8 heteroatoms. The lowest BCUT2D eigenvalue weighted by atomic mass is 10.0. The SMILES string of the molecule is O=C(O)[C@H]1CCN2CCC[C@H](NC(=O)[C@H](Br)Cc3ccccc3)C(=O)N2C1. The molecule has 1 aromatic rings. The van der Waals surface area contributed by atoms with Crippen molar-refractivity contribution in [3.8, 4) is 0 Å². The number of hydrazine groups is 1. The first kappa shape index (κ1) is 19.8. The smallest absolute Gasteiger partial charge is 0.308 e. The quantitative estimate of drug-likeness (QED) is 0.679. The number of aliphatic carboxylic acids is 1. The third-order valence-corrected chi connectivity index (χ3v) is 5.88. The van der Waals surface area contributed by atoms with Gasteiger partial charge in [0.25, 0.3) is 5.91 Å². The predicted octanol–water partition coefficient (Wildman–Crippen LogP) is 1.42. The third-order valence-electron chi connectivity index (χ3n) is 5.14. The van der Waals surface area contributed by atoms with E-state index in [1.807, 2.05) is 35.3 Å². The summed E-state index contributed by atoms with van der Waals surface area (Å²) in [7, 11) is 0. The minimum Gasteiger partial charge on any atom is -0.481 e. The first-order valence-corrected chi connectivity index (χ1v) is 10.1. The number of nitrogens with one attached hydrogen (secondary N) is 1. The molecule has 0 unspecified atom stereocenters. The van der Waals surface area contributed by atoms with E-state index in [0.29, 0.717) is 32.4 Å². The zero-order valence-corrected chi connectivity index (χ0v) is 16.6. The first-order valence-electron chi connectivity index (χ1n) is 9.23. The Hall–Kier alpha value is -1.93. The number of nitrogens with zero attached hydrogens (tertiary/aromatic N) is 2. The first-order chi connectivity index (χ1) is 13.0. The molecule has 0 bridgehead atoms. The van der Waals surface area contributed by atoms with Gasteiger partial charge in [-0.1, -0.05) is 46.3 Å². The number of carboxylic acids is 1. The summed E-state index contributed by atoms with van der Waals surface area (Å²) >= 11 is 3.42. The van der Waals surface area contributed by atoms with Crippen LogP contribution in [0.4, 0.5) is 0 Å². The van der Waals surface area contributed by atoms with Crippen LogP contribution < -0.4 is 5.32 Å². The maximum Gasteiger partial charge on any atom is 0.308 e. The molecule has 0 radical (unpaired) electrons. The zero-order valence-electron chi connectivity index (χ0n) is 15.0. The number of halogens is 1. The number of carboxylic acid groups (broad SMARTS) is 1. The Balaban J connectivity index is 1.62. The standard InChI is InChI=1S/C19H24BrN3O4/c20-15(11-13-5-2-1-3-6-13)17(24)21-16-7-4-9-22-10-8-14(19(26)27)12-23(22)18(16)25/h1-3,5-6,14-16H,4,7-12H2,(H,21,24)(H,26,27)/t14-,15+,16-/m0/s1. The van der Waals surface area contributed by atoms with Crippen LogP contribution in [0.15, 0.2) is 30.3 Å². The minimum absolute atomic E-state index is 0.169. The Bertz CT molecular complexity index is 699. The summed E-state index contributed by atoms with van der Waals surface area (Å²) in [6.45, 7) is 1.42. The van der Waals surface area contributed by atoms with Gasteiger partial charge in [-0.15, -0.1) is 0 Å². The highest BCUT2D eigenvalue weighted by Crippen LogP contribution is 2.23. The Labute approximate surface area is 166 Å². The monoisotopic (exact) mass is 437 g/mol. The molecule has 2 aliphatic heterocycles. The van der Waals surface area contributed by atoms with Crippen LogP contribution >= 0.6 is 15.9 Å². The Morgan fingerprint density at radius 1 is 1.22 bits per heavy atom. The van der Waals surface area contributed by atoms with Crippen LogP contribution in [0.2, 0.25) is 0 Å². The van der Waals surface area contributed by atoms with Crippen LogP contribution in [-0.4, -0.2) is 63.4 Å². The van der Waals surface area contributed by atoms with E-state index in [-0.39, 0.29) is 18.4 Å². The molecule has 27 heavy (non-hydrogen) atoms. The van der Waals surface area contributed by atoms with Crippen molar-refractivity contribution < 1.29 is 19.5 Å². The summed E-state index contributed by atoms with van der Waals surface area (Å²) in [4.78, 5) is 36.4. The lowest BCUT2D eigenvalue weighted by molar-refractivity contribution is -0.163. The zero-order chi connectivity index (χ0) is 19.4. The molecule has 7 nitrogen and oxygen atoms in total. The fourth-order valence-corrected chi connectivity index (χ4v) is 4.10. The van der Waals surface area contributed by atoms with Gasteiger partial charge >= 0.3 is 5.97 Å². The lowest BCUT2D eigenvalue weighted by Gasteiger charge is -2.40. The molecule has 0 spiro atoms. The molecule has 0 aromatic heterocycles. The second kappa shape index (κ2) is 8.84. The molecule has 2 fully saturated rings. The van der Waals surface area contributed by atoms with Gasteiger partial charge in [0.05, 0.1) is 17.3 Å². The predicted molar refractivity (Wildman–Crippen MR) is 103 cm³/mol. The number of carbonyl (C=O) groups excluding carboxylic acids is 2. The van der Waals surface area contributed by atoms with Crippen molar-refractivity contribution in [2.75, 3.05) is 19.6 Å². The van der Waals surface area contributed by atoms with Crippen molar-refractivity contribution in [3.05, 3.63) is 35.9 Å². The van der Waals surface area contributed by atoms with E-state index in [1.165, 1.54) is 5.01 Å². The third kappa shape index (κ3) is 4.87. The van der Waals surface area contributed by atoms with Gasteiger partial charge in [-0.05, 0) is 31.2 Å². The second-order valence-electron chi connectivity index (χ2n) is 7.06. The Morgan fingerprint density at radius 3 is 2.67 bits per heavy atom. The van der Waals surface area contributed by atoms with Crippen molar-refractivity contribution in [2.45, 2.75) is 36.6 Å². The van der Waals surface area contributed by atoms with Gasteiger partial charge in [0, 0.05) is 13.1 Å². The second-order valence-corrected chi connectivity index (χ2v) is 8.16. The number of fused-ring (bicyclic) bond motifs is 1. The number of amides is 2. The van der Waals surface area contributed by atoms with Gasteiger partial charge in [0.2, 0.25) is 5.91 Å². The van der Waals surface area contributed by atoms with E-state index in [0.717, 1.165) is 12.0 Å². The summed E-state index contributed by atoms with van der Waals surface area (Å²) in [6, 6.07) is 9.06. The van der Waals surface area contributed by atoms with Gasteiger partial charge in [-0.25, -0.2) is 5.01 Å². The molecule has 2 amide bonds. The molecule has 0 saturated carbocycles. The summed E-state index contributed by atoms with van der Waals surface area (Å²) in [6.07, 6.45) is 2.40. The number of rotatable bonds is 5. The van der Waals surface area contributed by atoms with Crippen LogP contribution in [0.25, 0.3) is 0 Å². The molecule has 3 rings (SSSR count). The average molecular weight is 438 g/mol. The summed E-state index contributed by atoms with van der Waals surface area (Å²) < 4.78 is 0. The molecule has 146 valence electrons. The summed E-state index contributed by atoms with van der Waals surface area (Å²) in [5, 5.41) is 15.6. The normalized spacial score (nSPS) is 24.6. The number of alkyl halides is 1. The molecule has 2 N–H and O–H groups in total. The molecular weight excluding hydrogens is 414 g/mol. The number of hydrogen-bond acceptors (Lipinski definition) is 4. The average Bonchev–Trinajstić information content (AvgIpc) is 2.81. The summed E-state index contributed by atoms with van der Waals surface area (Å²) in [5.74, 6) is -1.87. The highest BCUT2D eigenvalue weighted by Gasteiger charge is 2.39. The molecule has 2 heterocycles. The van der Waals surface area contributed by atoms with E-state index < -0.39 is 22.8 Å². The fourth-order valence-electron chi connectivity index (χ4n) is 3.60. The van der Waals surface area contributed by atoms with Crippen LogP contribution in [0.1, 0.15) is 24.8 Å². The fraction of sp³-hybridized carbons (Fsp3) is 0.526. The van der Waals surface area contributed by atoms with Gasteiger partial charge in [-0.2, -0.15) is 0 Å². The van der Waals surface area contributed by atoms with Crippen molar-refractivity contribution in [1.29, 1.82) is 0 Å². The lowest BCUT2D eigenvalue weighted by Crippen LogP contribution is -2.58. The highest BCUT2D eigenvalue weighted by atomic mass is 79.9. The number of benzene rings is 1. The van der Waals surface area contributed by atoms with Gasteiger partial charge in [0.15, 0.2) is 0 Å². The maximum absolute atomic E-state index is 12.9. The van der Waals surface area contributed by atoms with Crippen LogP contribution in [0.3, 0.4) is 0 Å². The van der Waals surface area contributed by atoms with E-state index in [4.69, 9.17) is 0 Å². The van der Waals surface area contributed by atoms with Crippen molar-refractivity contribution in [2.24, 2.45) is 5.92 Å². The Morgan fingerprint density at radius 2 is 1.96 bits per heavy atom. The van der Waals surface area contributed by atoms with E-state index in [1.54, 1.807) is 0 Å². The van der Waals surface area contributed by atoms with Crippen LogP contribution in [0.5, 0.6) is 0 Å². The van der Waals surface area contributed by atoms with E-state index in [2.05, 4.69) is 21.2 Å². The Kier molecular flexibility index (Phi) is 6.49. The van der Waals surface area contributed by atoms with Crippen molar-refractivity contribution in [3.63, 3.8) is 0 Å². The van der Waals surface area contributed by atoms with Crippen molar-refractivity contribution in [1.82, 2.24) is 15.3 Å². The van der Waals surface area contributed by atoms with Crippen molar-refractivity contribution >= 4 is 33.7 Å². The van der Waals surface area contributed by atoms with Gasteiger partial charge in [0.1, 0.15) is 6.04 Å². The number of hydrogen-bond donors (Lipinski definition) is 2. The largest absolute Gasteiger partial charge is 0.481 e. The molecular formula is C19H24BrN3O4. The van der Waals surface area contributed by atoms with Crippen LogP contribution in [-0.2, 0) is 20.8 Å². The highest BCUT2D eigenvalue weighted by molar-refractivity contribution is 9.10. The maximum atomic E-state index is 12.9. The van der Waals surface area contributed by atoms with E-state index in [9.17, 15) is 19.5 Å². The molecule has 0 aliphatic carbocycles. The van der Waals surface area contributed by atoms with Gasteiger partial charge < -0.3 is 10.4 Å². The topological polar surface area (TPSA) is 90.0 Å². The van der Waals surface area contributed by atoms with Crippen LogP contribution in [0, 0.1) is 5.92 Å². The van der Waals surface area contributed by atoms with E-state index >= 15 is 0 Å². The minimum atomic E-state index is -0.879. The van der Waals surface area contributed by atoms with Gasteiger partial charge in [-0.3, -0.25) is 19.4 Å².